The molecule has 2 N–H and O–H groups in total. The Hall–Kier alpha value is -0.700. The van der Waals surface area contributed by atoms with Crippen LogP contribution in [0.3, 0.4) is 0 Å². The number of hydrogen-bond acceptors (Lipinski definition) is 2. The summed E-state index contributed by atoms with van der Waals surface area (Å²) in [5.74, 6) is 0.642. The Kier molecular flexibility index (Phi) is 4.48. The van der Waals surface area contributed by atoms with Crippen LogP contribution in [0, 0.1) is 5.92 Å². The Morgan fingerprint density at radius 2 is 1.82 bits per heavy atom. The Balaban J connectivity index is 3.24. The first-order valence-electron chi connectivity index (χ1n) is 5.77. The van der Waals surface area contributed by atoms with E-state index in [2.05, 4.69) is 18.8 Å². The van der Waals surface area contributed by atoms with Gasteiger partial charge in [0.05, 0.1) is 0 Å². The van der Waals surface area contributed by atoms with Crippen molar-refractivity contribution in [3.63, 3.8) is 0 Å². The largest absolute Gasteiger partial charge is 0.374 e. The highest BCUT2D eigenvalue weighted by Gasteiger charge is 2.21. The molecule has 0 saturated carbocycles. The molecule has 5 heteroatoms. The fourth-order valence-electron chi connectivity index (χ4n) is 1.60. The van der Waals surface area contributed by atoms with E-state index in [0.717, 1.165) is 17.7 Å². The Bertz CT molecular complexity index is 437. The highest BCUT2D eigenvalue weighted by molar-refractivity contribution is 7.60. The third-order valence-corrected chi connectivity index (χ3v) is 3.30. The van der Waals surface area contributed by atoms with Crippen LogP contribution < -0.4 is 5.44 Å². The lowest BCUT2D eigenvalue weighted by molar-refractivity contribution is 0.386. The van der Waals surface area contributed by atoms with Gasteiger partial charge in [0, 0.05) is 5.69 Å². The van der Waals surface area contributed by atoms with E-state index in [0.29, 0.717) is 5.92 Å². The summed E-state index contributed by atoms with van der Waals surface area (Å²) < 4.78 is 11.3. The number of rotatable bonds is 4. The van der Waals surface area contributed by atoms with Crippen LogP contribution in [0.5, 0.6) is 0 Å². The van der Waals surface area contributed by atoms with Gasteiger partial charge in [-0.25, -0.2) is 4.98 Å². The Labute approximate surface area is 102 Å². The van der Waals surface area contributed by atoms with Crippen LogP contribution in [-0.4, -0.2) is 14.8 Å². The van der Waals surface area contributed by atoms with Crippen molar-refractivity contribution in [3.05, 3.63) is 23.4 Å². The first kappa shape index (κ1) is 14.4. The van der Waals surface area contributed by atoms with Crippen LogP contribution in [0.25, 0.3) is 0 Å². The minimum absolute atomic E-state index is 0.112. The standard InChI is InChI=1S/C12H20NO3P/c1-8(2)5-11-6-10(9(3)4)7-12(13-11)17(14,15)16/h6-9H,5H2,1-4H3,(H2,14,15,16). The summed E-state index contributed by atoms with van der Waals surface area (Å²) in [6, 6.07) is 3.44. The molecule has 0 saturated heterocycles. The van der Waals surface area contributed by atoms with Crippen LogP contribution >= 0.6 is 7.60 Å². The van der Waals surface area contributed by atoms with Crippen LogP contribution in [0.2, 0.25) is 0 Å². The fourth-order valence-corrected chi connectivity index (χ4v) is 2.18. The summed E-state index contributed by atoms with van der Waals surface area (Å²) in [5, 5.41) is 0. The lowest BCUT2D eigenvalue weighted by Gasteiger charge is -2.13. The molecule has 1 aromatic rings. The topological polar surface area (TPSA) is 70.4 Å². The molecule has 96 valence electrons. The zero-order chi connectivity index (χ0) is 13.2. The molecular formula is C12H20NO3P. The van der Waals surface area contributed by atoms with Crippen molar-refractivity contribution >= 4 is 13.0 Å². The normalized spacial score (nSPS) is 12.5. The molecule has 0 atom stereocenters. The summed E-state index contributed by atoms with van der Waals surface area (Å²) in [7, 11) is -4.27. The maximum atomic E-state index is 11.3. The van der Waals surface area contributed by atoms with Gasteiger partial charge in [-0.1, -0.05) is 27.7 Å². The monoisotopic (exact) mass is 257 g/mol. The van der Waals surface area contributed by atoms with Gasteiger partial charge in [0.15, 0.2) is 5.44 Å². The smallest absolute Gasteiger partial charge is 0.320 e. The van der Waals surface area contributed by atoms with Crippen LogP contribution in [0.1, 0.15) is 44.9 Å². The van der Waals surface area contributed by atoms with Gasteiger partial charge in [0.1, 0.15) is 0 Å². The number of nitrogens with zero attached hydrogens (tertiary/aromatic N) is 1. The van der Waals surface area contributed by atoms with E-state index < -0.39 is 7.60 Å². The molecule has 0 unspecified atom stereocenters. The molecule has 1 rings (SSSR count). The molecule has 0 aromatic carbocycles. The predicted octanol–water partition coefficient (Wildman–Crippen LogP) is 2.21. The molecule has 17 heavy (non-hydrogen) atoms. The average Bonchev–Trinajstić information content (AvgIpc) is 2.14. The minimum atomic E-state index is -4.27. The first-order valence-corrected chi connectivity index (χ1v) is 7.38. The summed E-state index contributed by atoms with van der Waals surface area (Å²) >= 11 is 0. The summed E-state index contributed by atoms with van der Waals surface area (Å²) in [5.41, 5.74) is 1.57. The van der Waals surface area contributed by atoms with Crippen molar-refractivity contribution in [2.75, 3.05) is 0 Å². The molecule has 0 aliphatic heterocycles. The third-order valence-electron chi connectivity index (χ3n) is 2.47. The van der Waals surface area contributed by atoms with Crippen LogP contribution in [0.4, 0.5) is 0 Å². The number of pyridine rings is 1. The highest BCUT2D eigenvalue weighted by Crippen LogP contribution is 2.33. The quantitative estimate of drug-likeness (QED) is 0.811. The van der Waals surface area contributed by atoms with Crippen molar-refractivity contribution in [2.24, 2.45) is 5.92 Å². The molecule has 0 spiro atoms. The van der Waals surface area contributed by atoms with Crippen molar-refractivity contribution in [3.8, 4) is 0 Å². The van der Waals surface area contributed by atoms with Crippen LogP contribution in [0.15, 0.2) is 12.1 Å². The second kappa shape index (κ2) is 5.30. The van der Waals surface area contributed by atoms with Gasteiger partial charge in [-0.3, -0.25) is 4.57 Å². The van der Waals surface area contributed by atoms with Gasteiger partial charge >= 0.3 is 7.60 Å². The van der Waals surface area contributed by atoms with E-state index in [1.807, 2.05) is 19.9 Å². The van der Waals surface area contributed by atoms with Gasteiger partial charge in [0.25, 0.3) is 0 Å². The van der Waals surface area contributed by atoms with Crippen molar-refractivity contribution in [2.45, 2.75) is 40.0 Å². The van der Waals surface area contributed by atoms with Crippen molar-refractivity contribution in [1.82, 2.24) is 4.98 Å². The summed E-state index contributed by atoms with van der Waals surface area (Å²) in [6.07, 6.45) is 0.730. The van der Waals surface area contributed by atoms with Gasteiger partial charge < -0.3 is 9.79 Å². The van der Waals surface area contributed by atoms with E-state index in [-0.39, 0.29) is 11.4 Å². The number of hydrogen-bond donors (Lipinski definition) is 2. The minimum Gasteiger partial charge on any atom is -0.320 e. The molecule has 4 nitrogen and oxygen atoms in total. The van der Waals surface area contributed by atoms with Crippen molar-refractivity contribution < 1.29 is 14.4 Å². The van der Waals surface area contributed by atoms with Gasteiger partial charge in [0.2, 0.25) is 0 Å². The van der Waals surface area contributed by atoms with Gasteiger partial charge in [-0.15, -0.1) is 0 Å². The molecule has 1 aromatic heterocycles. The van der Waals surface area contributed by atoms with Crippen LogP contribution in [-0.2, 0) is 11.0 Å². The Morgan fingerprint density at radius 1 is 1.24 bits per heavy atom. The second-order valence-electron chi connectivity index (χ2n) is 5.05. The lowest BCUT2D eigenvalue weighted by Crippen LogP contribution is -2.14. The third kappa shape index (κ3) is 4.23. The fraction of sp³-hybridized carbons (Fsp3) is 0.583. The van der Waals surface area contributed by atoms with E-state index >= 15 is 0 Å². The van der Waals surface area contributed by atoms with E-state index in [1.165, 1.54) is 6.07 Å². The lowest BCUT2D eigenvalue weighted by atomic mass is 10.0. The molecule has 0 radical (unpaired) electrons. The Morgan fingerprint density at radius 3 is 2.24 bits per heavy atom. The molecule has 0 fully saturated rings. The first-order chi connectivity index (χ1) is 7.70. The average molecular weight is 257 g/mol. The van der Waals surface area contributed by atoms with E-state index in [9.17, 15) is 14.4 Å². The SMILES string of the molecule is CC(C)Cc1cc(C(C)C)cc(P(=O)(O)O)n1. The van der Waals surface area contributed by atoms with Gasteiger partial charge in [-0.05, 0) is 36.0 Å². The predicted molar refractivity (Wildman–Crippen MR) is 68.5 cm³/mol. The maximum Gasteiger partial charge on any atom is 0.374 e. The zero-order valence-corrected chi connectivity index (χ0v) is 11.6. The highest BCUT2D eigenvalue weighted by atomic mass is 31.2. The zero-order valence-electron chi connectivity index (χ0n) is 10.7. The molecular weight excluding hydrogens is 237 g/mol. The molecule has 0 aliphatic carbocycles. The van der Waals surface area contributed by atoms with E-state index in [1.54, 1.807) is 0 Å². The van der Waals surface area contributed by atoms with E-state index in [4.69, 9.17) is 0 Å². The molecule has 0 amide bonds. The molecule has 0 bridgehead atoms. The number of aromatic nitrogens is 1. The maximum absolute atomic E-state index is 11.3. The molecule has 0 aliphatic rings. The van der Waals surface area contributed by atoms with Crippen molar-refractivity contribution in [1.29, 1.82) is 0 Å². The summed E-state index contributed by atoms with van der Waals surface area (Å²) in [4.78, 5) is 22.5. The second-order valence-corrected chi connectivity index (χ2v) is 6.59. The molecule has 1 heterocycles. The summed E-state index contributed by atoms with van der Waals surface area (Å²) in [6.45, 7) is 8.11. The van der Waals surface area contributed by atoms with Gasteiger partial charge in [-0.2, -0.15) is 0 Å².